The van der Waals surface area contributed by atoms with E-state index in [1.54, 1.807) is 0 Å². The molecule has 11 rings (SSSR count). The van der Waals surface area contributed by atoms with E-state index in [0.29, 0.717) is 0 Å². The highest BCUT2D eigenvalue weighted by molar-refractivity contribution is 6.26. The average molecular weight is 637 g/mol. The first-order valence-electron chi connectivity index (χ1n) is 17.1. The van der Waals surface area contributed by atoms with Gasteiger partial charge in [-0.3, -0.25) is 0 Å². The van der Waals surface area contributed by atoms with Crippen LogP contribution in [0.2, 0.25) is 0 Å². The fourth-order valence-corrected chi connectivity index (χ4v) is 8.11. The lowest BCUT2D eigenvalue weighted by Gasteiger charge is -2.14. The van der Waals surface area contributed by atoms with Crippen LogP contribution in [0.3, 0.4) is 0 Å². The zero-order valence-corrected chi connectivity index (χ0v) is 27.0. The molecule has 11 aromatic rings. The molecule has 0 aliphatic rings. The molecule has 2 heteroatoms. The summed E-state index contributed by atoms with van der Waals surface area (Å²) in [5.74, 6) is 0. The van der Waals surface area contributed by atoms with Crippen molar-refractivity contribution < 1.29 is 8.83 Å². The molecular weight excluding hydrogens is 609 g/mol. The summed E-state index contributed by atoms with van der Waals surface area (Å²) in [4.78, 5) is 0. The van der Waals surface area contributed by atoms with Crippen LogP contribution in [0.5, 0.6) is 0 Å². The lowest BCUT2D eigenvalue weighted by Crippen LogP contribution is -1.87. The Morgan fingerprint density at radius 3 is 1.22 bits per heavy atom. The largest absolute Gasteiger partial charge is 0.452 e. The van der Waals surface area contributed by atoms with Crippen molar-refractivity contribution in [1.82, 2.24) is 0 Å². The van der Waals surface area contributed by atoms with E-state index in [-0.39, 0.29) is 0 Å². The minimum Gasteiger partial charge on any atom is -0.452 e. The Morgan fingerprint density at radius 1 is 0.240 bits per heavy atom. The molecule has 0 bridgehead atoms. The number of furan rings is 2. The summed E-state index contributed by atoms with van der Waals surface area (Å²) in [5.41, 5.74) is 10.4. The van der Waals surface area contributed by atoms with Crippen LogP contribution >= 0.6 is 0 Å². The highest BCUT2D eigenvalue weighted by Crippen LogP contribution is 2.43. The minimum atomic E-state index is 0.786. The third-order valence-electron chi connectivity index (χ3n) is 10.5. The summed E-state index contributed by atoms with van der Waals surface area (Å²) in [7, 11) is 0. The summed E-state index contributed by atoms with van der Waals surface area (Å²) in [6.07, 6.45) is 0. The molecule has 0 unspecified atom stereocenters. The Morgan fingerprint density at radius 2 is 0.640 bits per heavy atom. The van der Waals surface area contributed by atoms with Crippen LogP contribution in [0.1, 0.15) is 0 Å². The maximum Gasteiger partial charge on any atom is 0.178 e. The summed E-state index contributed by atoms with van der Waals surface area (Å²) in [5, 5.41) is 12.0. The molecule has 2 heterocycles. The highest BCUT2D eigenvalue weighted by Gasteiger charge is 2.18. The van der Waals surface area contributed by atoms with Gasteiger partial charge in [0.05, 0.1) is 0 Å². The Hall–Kier alpha value is -6.64. The first-order chi connectivity index (χ1) is 24.8. The minimum absolute atomic E-state index is 0.786. The van der Waals surface area contributed by atoms with E-state index >= 15 is 0 Å². The lowest BCUT2D eigenvalue weighted by atomic mass is 9.89. The van der Waals surface area contributed by atoms with E-state index in [2.05, 4.69) is 164 Å². The second-order valence-electron chi connectivity index (χ2n) is 13.2. The summed E-state index contributed by atoms with van der Waals surface area (Å²) >= 11 is 0. The van der Waals surface area contributed by atoms with Gasteiger partial charge in [0.2, 0.25) is 0 Å². The number of rotatable bonds is 3. The van der Waals surface area contributed by atoms with Crippen LogP contribution < -0.4 is 0 Å². The second-order valence-corrected chi connectivity index (χ2v) is 13.2. The van der Waals surface area contributed by atoms with Gasteiger partial charge < -0.3 is 8.83 Å². The smallest absolute Gasteiger partial charge is 0.178 e. The van der Waals surface area contributed by atoms with Gasteiger partial charge in [0.25, 0.3) is 0 Å². The molecule has 0 spiro atoms. The third-order valence-corrected chi connectivity index (χ3v) is 10.5. The van der Waals surface area contributed by atoms with E-state index in [4.69, 9.17) is 8.83 Å². The highest BCUT2D eigenvalue weighted by atomic mass is 16.4. The van der Waals surface area contributed by atoms with Gasteiger partial charge in [-0.15, -0.1) is 0 Å². The summed E-state index contributed by atoms with van der Waals surface area (Å²) in [6, 6.07) is 61.0. The molecule has 2 aromatic heterocycles. The second kappa shape index (κ2) is 10.4. The molecule has 0 aliphatic carbocycles. The molecule has 2 nitrogen and oxygen atoms in total. The zero-order valence-electron chi connectivity index (χ0n) is 27.0. The Bertz CT molecular complexity index is 3110. The van der Waals surface area contributed by atoms with Crippen LogP contribution in [-0.4, -0.2) is 0 Å². The first kappa shape index (κ1) is 27.3. The van der Waals surface area contributed by atoms with Gasteiger partial charge in [0, 0.05) is 21.5 Å². The van der Waals surface area contributed by atoms with Gasteiger partial charge in [-0.05, 0) is 108 Å². The van der Waals surface area contributed by atoms with Crippen molar-refractivity contribution in [3.63, 3.8) is 0 Å². The standard InChI is InChI=1S/C48H28O2/c1-2-10-29(11-3-1)30-19-24-45-43(26-30)40-22-23-41-44-28-32(20-25-46(44)50-48(41)47(40)49-45)34-13-5-4-12-33(34)31-18-21-39-37-16-7-6-14-35(37)36-15-8-9-17-38(36)42(39)27-31/h1-28H. The van der Waals surface area contributed by atoms with Crippen LogP contribution in [-0.2, 0) is 0 Å². The molecule has 0 atom stereocenters. The SMILES string of the molecule is c1ccc(-c2ccc3oc4c(ccc5c6cc(-c7ccccc7-c7ccc8c9ccccc9c9ccccc9c8c7)ccc6oc54)c3c2)cc1. The number of benzene rings is 9. The molecule has 50 heavy (non-hydrogen) atoms. The topological polar surface area (TPSA) is 26.3 Å². The van der Waals surface area contributed by atoms with Crippen LogP contribution in [0, 0.1) is 0 Å². The predicted molar refractivity (Wildman–Crippen MR) is 210 cm³/mol. The van der Waals surface area contributed by atoms with E-state index < -0.39 is 0 Å². The molecule has 0 amide bonds. The van der Waals surface area contributed by atoms with Gasteiger partial charge in [0.1, 0.15) is 11.2 Å². The van der Waals surface area contributed by atoms with Crippen molar-refractivity contribution in [3.05, 3.63) is 170 Å². The van der Waals surface area contributed by atoms with Gasteiger partial charge >= 0.3 is 0 Å². The van der Waals surface area contributed by atoms with Gasteiger partial charge in [-0.1, -0.05) is 127 Å². The van der Waals surface area contributed by atoms with Crippen molar-refractivity contribution in [2.24, 2.45) is 0 Å². The monoisotopic (exact) mass is 636 g/mol. The lowest BCUT2D eigenvalue weighted by molar-refractivity contribution is 0.633. The normalized spacial score (nSPS) is 12.0. The first-order valence-corrected chi connectivity index (χ1v) is 17.1. The van der Waals surface area contributed by atoms with Crippen molar-refractivity contribution in [3.8, 4) is 33.4 Å². The molecule has 0 saturated heterocycles. The molecule has 0 aliphatic heterocycles. The average Bonchev–Trinajstić information content (AvgIpc) is 3.76. The molecule has 0 saturated carbocycles. The van der Waals surface area contributed by atoms with E-state index in [9.17, 15) is 0 Å². The van der Waals surface area contributed by atoms with Crippen LogP contribution in [0.25, 0.3) is 110 Å². The number of fused-ring (bicyclic) bond motifs is 13. The van der Waals surface area contributed by atoms with Crippen LogP contribution in [0.4, 0.5) is 0 Å². The fraction of sp³-hybridized carbons (Fsp3) is 0. The van der Waals surface area contributed by atoms with Crippen LogP contribution in [0.15, 0.2) is 179 Å². The van der Waals surface area contributed by atoms with E-state index in [0.717, 1.165) is 49.4 Å². The maximum atomic E-state index is 6.55. The number of hydrogen-bond donors (Lipinski definition) is 0. The van der Waals surface area contributed by atoms with Crippen molar-refractivity contribution in [2.45, 2.75) is 0 Å². The molecule has 0 radical (unpaired) electrons. The quantitative estimate of drug-likeness (QED) is 0.180. The molecule has 232 valence electrons. The molecule has 0 fully saturated rings. The Balaban J connectivity index is 1.07. The molecule has 0 N–H and O–H groups in total. The fourth-order valence-electron chi connectivity index (χ4n) is 8.11. The Labute approximate surface area is 287 Å². The van der Waals surface area contributed by atoms with Crippen molar-refractivity contribution in [2.75, 3.05) is 0 Å². The third kappa shape index (κ3) is 3.96. The molecular formula is C48H28O2. The zero-order chi connectivity index (χ0) is 32.8. The van der Waals surface area contributed by atoms with E-state index in [1.807, 2.05) is 6.07 Å². The summed E-state index contributed by atoms with van der Waals surface area (Å²) in [6.45, 7) is 0. The van der Waals surface area contributed by atoms with Gasteiger partial charge in [0.15, 0.2) is 11.2 Å². The maximum absolute atomic E-state index is 6.55. The van der Waals surface area contributed by atoms with Gasteiger partial charge in [-0.25, -0.2) is 0 Å². The number of hydrogen-bond acceptors (Lipinski definition) is 2. The molecule has 9 aromatic carbocycles. The Kier molecular flexibility index (Phi) is 5.70. The van der Waals surface area contributed by atoms with Crippen molar-refractivity contribution >= 4 is 76.2 Å². The predicted octanol–water partition coefficient (Wildman–Crippen LogP) is 13.9. The van der Waals surface area contributed by atoms with Crippen molar-refractivity contribution in [1.29, 1.82) is 0 Å². The summed E-state index contributed by atoms with van der Waals surface area (Å²) < 4.78 is 13.0. The van der Waals surface area contributed by atoms with E-state index in [1.165, 1.54) is 60.1 Å². The van der Waals surface area contributed by atoms with Gasteiger partial charge in [-0.2, -0.15) is 0 Å².